The van der Waals surface area contributed by atoms with Gasteiger partial charge in [-0.3, -0.25) is 9.59 Å². The summed E-state index contributed by atoms with van der Waals surface area (Å²) >= 11 is 0. The van der Waals surface area contributed by atoms with E-state index in [0.29, 0.717) is 22.6 Å². The molecule has 7 nitrogen and oxygen atoms in total. The number of carbonyl (C=O) groups is 2. The van der Waals surface area contributed by atoms with Crippen LogP contribution in [0.4, 0.5) is 10.1 Å². The van der Waals surface area contributed by atoms with E-state index in [1.165, 1.54) is 30.5 Å². The molecule has 0 aliphatic heterocycles. The second-order valence-electron chi connectivity index (χ2n) is 6.73. The topological polar surface area (TPSA) is 92.9 Å². The monoisotopic (exact) mass is 431 g/mol. The average molecular weight is 431 g/mol. The molecule has 0 saturated carbocycles. The van der Waals surface area contributed by atoms with Gasteiger partial charge in [0.05, 0.1) is 6.21 Å². The molecule has 1 aromatic heterocycles. The number of halogens is 1. The van der Waals surface area contributed by atoms with Crippen molar-refractivity contribution in [3.8, 4) is 5.75 Å². The van der Waals surface area contributed by atoms with Gasteiger partial charge in [-0.2, -0.15) is 5.10 Å². The smallest absolute Gasteiger partial charge is 0.307 e. The standard InChI is InChI=1S/C24H18FN3O4/c25-18-9-11-19(12-10-18)27-23(29)15-31-20-7-3-2-6-17(20)14-26-28-24(30)22-13-16-5-1-4-8-21(16)32-22/h1-14H,15H2,(H,27,29)(H,28,30)/b26-14+. The Balaban J connectivity index is 1.35. The first-order valence-electron chi connectivity index (χ1n) is 9.68. The third kappa shape index (κ3) is 5.17. The highest BCUT2D eigenvalue weighted by molar-refractivity contribution is 5.96. The van der Waals surface area contributed by atoms with Gasteiger partial charge in [-0.1, -0.05) is 30.3 Å². The van der Waals surface area contributed by atoms with Crippen molar-refractivity contribution in [3.63, 3.8) is 0 Å². The van der Waals surface area contributed by atoms with Crippen LogP contribution in [0.2, 0.25) is 0 Å². The summed E-state index contributed by atoms with van der Waals surface area (Å²) in [6, 6.07) is 21.3. The van der Waals surface area contributed by atoms with E-state index in [2.05, 4.69) is 15.8 Å². The molecule has 0 aliphatic rings. The number of benzene rings is 3. The normalized spacial score (nSPS) is 10.9. The van der Waals surface area contributed by atoms with E-state index in [1.807, 2.05) is 18.2 Å². The summed E-state index contributed by atoms with van der Waals surface area (Å²) in [7, 11) is 0. The molecule has 0 aliphatic carbocycles. The predicted octanol–water partition coefficient (Wildman–Crippen LogP) is 4.35. The predicted molar refractivity (Wildman–Crippen MR) is 118 cm³/mol. The number of furan rings is 1. The van der Waals surface area contributed by atoms with E-state index in [9.17, 15) is 14.0 Å². The molecule has 0 saturated heterocycles. The SMILES string of the molecule is O=C(COc1ccccc1/C=N/NC(=O)c1cc2ccccc2o1)Nc1ccc(F)cc1. The van der Waals surface area contributed by atoms with E-state index in [4.69, 9.17) is 9.15 Å². The summed E-state index contributed by atoms with van der Waals surface area (Å²) < 4.78 is 24.0. The van der Waals surface area contributed by atoms with Crippen molar-refractivity contribution in [2.24, 2.45) is 5.10 Å². The minimum atomic E-state index is -0.491. The zero-order valence-corrected chi connectivity index (χ0v) is 16.7. The maximum absolute atomic E-state index is 13.0. The summed E-state index contributed by atoms with van der Waals surface area (Å²) in [5.41, 5.74) is 4.04. The van der Waals surface area contributed by atoms with Gasteiger partial charge in [0.15, 0.2) is 12.4 Å². The van der Waals surface area contributed by atoms with Crippen LogP contribution in [-0.4, -0.2) is 24.6 Å². The quantitative estimate of drug-likeness (QED) is 0.336. The first-order valence-corrected chi connectivity index (χ1v) is 9.68. The first kappa shape index (κ1) is 20.8. The number of carbonyl (C=O) groups excluding carboxylic acids is 2. The van der Waals surface area contributed by atoms with Crippen LogP contribution >= 0.6 is 0 Å². The van der Waals surface area contributed by atoms with E-state index >= 15 is 0 Å². The molecule has 0 radical (unpaired) electrons. The van der Waals surface area contributed by atoms with Gasteiger partial charge < -0.3 is 14.5 Å². The number of hydrogen-bond donors (Lipinski definition) is 2. The lowest BCUT2D eigenvalue weighted by molar-refractivity contribution is -0.118. The summed E-state index contributed by atoms with van der Waals surface area (Å²) in [5, 5.41) is 7.38. The molecule has 0 unspecified atom stereocenters. The van der Waals surface area contributed by atoms with E-state index < -0.39 is 11.8 Å². The highest BCUT2D eigenvalue weighted by atomic mass is 19.1. The molecule has 2 N–H and O–H groups in total. The summed E-state index contributed by atoms with van der Waals surface area (Å²) in [5.74, 6) is -0.732. The number of ether oxygens (including phenoxy) is 1. The molecule has 0 bridgehead atoms. The Morgan fingerprint density at radius 3 is 2.56 bits per heavy atom. The number of rotatable bonds is 7. The van der Waals surface area contributed by atoms with Crippen molar-refractivity contribution in [3.05, 3.63) is 96.0 Å². The van der Waals surface area contributed by atoms with Crippen LogP contribution in [0.15, 0.2) is 88.4 Å². The summed E-state index contributed by atoms with van der Waals surface area (Å²) in [6.07, 6.45) is 1.41. The number of hydrazone groups is 1. The molecule has 0 atom stereocenters. The Hall–Kier alpha value is -4.46. The zero-order chi connectivity index (χ0) is 22.3. The average Bonchev–Trinajstić information content (AvgIpc) is 3.24. The molecule has 0 spiro atoms. The van der Waals surface area contributed by atoms with Crippen molar-refractivity contribution in [2.75, 3.05) is 11.9 Å². The van der Waals surface area contributed by atoms with Gasteiger partial charge in [0, 0.05) is 16.6 Å². The molecule has 4 rings (SSSR count). The van der Waals surface area contributed by atoms with Gasteiger partial charge in [0.25, 0.3) is 5.91 Å². The molecule has 8 heteroatoms. The Bertz CT molecular complexity index is 1250. The Morgan fingerprint density at radius 1 is 1.00 bits per heavy atom. The number of fused-ring (bicyclic) bond motifs is 1. The Kier molecular flexibility index (Phi) is 6.22. The van der Waals surface area contributed by atoms with Crippen molar-refractivity contribution < 1.29 is 23.1 Å². The maximum Gasteiger partial charge on any atom is 0.307 e. The van der Waals surface area contributed by atoms with Gasteiger partial charge in [0.1, 0.15) is 17.1 Å². The van der Waals surface area contributed by atoms with Crippen LogP contribution in [0.1, 0.15) is 16.1 Å². The maximum atomic E-state index is 13.0. The highest BCUT2D eigenvalue weighted by Gasteiger charge is 2.11. The molecule has 32 heavy (non-hydrogen) atoms. The van der Waals surface area contributed by atoms with Crippen molar-refractivity contribution in [2.45, 2.75) is 0 Å². The van der Waals surface area contributed by atoms with Gasteiger partial charge in [-0.25, -0.2) is 9.82 Å². The van der Waals surface area contributed by atoms with Crippen LogP contribution in [0, 0.1) is 5.82 Å². The minimum absolute atomic E-state index is 0.144. The van der Waals surface area contributed by atoms with Gasteiger partial charge in [-0.15, -0.1) is 0 Å². The zero-order valence-electron chi connectivity index (χ0n) is 16.7. The van der Waals surface area contributed by atoms with Crippen LogP contribution in [-0.2, 0) is 4.79 Å². The van der Waals surface area contributed by atoms with Gasteiger partial charge >= 0.3 is 5.91 Å². The van der Waals surface area contributed by atoms with E-state index in [1.54, 1.807) is 36.4 Å². The van der Waals surface area contributed by atoms with Crippen molar-refractivity contribution in [1.82, 2.24) is 5.43 Å². The molecule has 0 fully saturated rings. The number of nitrogens with one attached hydrogen (secondary N) is 2. The first-order chi connectivity index (χ1) is 15.6. The van der Waals surface area contributed by atoms with Crippen molar-refractivity contribution in [1.29, 1.82) is 0 Å². The summed E-state index contributed by atoms with van der Waals surface area (Å²) in [6.45, 7) is -0.256. The van der Waals surface area contributed by atoms with Gasteiger partial charge in [0.2, 0.25) is 0 Å². The molecule has 2 amide bonds. The molecule has 4 aromatic rings. The van der Waals surface area contributed by atoms with Crippen LogP contribution < -0.4 is 15.5 Å². The highest BCUT2D eigenvalue weighted by Crippen LogP contribution is 2.19. The van der Waals surface area contributed by atoms with Crippen LogP contribution in [0.25, 0.3) is 11.0 Å². The third-order valence-corrected chi connectivity index (χ3v) is 4.42. The van der Waals surface area contributed by atoms with E-state index in [0.717, 1.165) is 5.39 Å². The van der Waals surface area contributed by atoms with Crippen molar-refractivity contribution >= 4 is 34.7 Å². The second kappa shape index (κ2) is 9.57. The fraction of sp³-hybridized carbons (Fsp3) is 0.0417. The minimum Gasteiger partial charge on any atom is -0.483 e. The second-order valence-corrected chi connectivity index (χ2v) is 6.73. The molecule has 3 aromatic carbocycles. The number of amides is 2. The number of nitrogens with zero attached hydrogens (tertiary/aromatic N) is 1. The lowest BCUT2D eigenvalue weighted by atomic mass is 10.2. The lowest BCUT2D eigenvalue weighted by Gasteiger charge is -2.09. The molecule has 160 valence electrons. The van der Waals surface area contributed by atoms with E-state index in [-0.39, 0.29) is 18.2 Å². The fourth-order valence-corrected chi connectivity index (χ4v) is 2.90. The Labute approximate surface area is 182 Å². The number of hydrogen-bond acceptors (Lipinski definition) is 5. The summed E-state index contributed by atoms with van der Waals surface area (Å²) in [4.78, 5) is 24.4. The molecular weight excluding hydrogens is 413 g/mol. The number of para-hydroxylation sites is 2. The largest absolute Gasteiger partial charge is 0.483 e. The van der Waals surface area contributed by atoms with Gasteiger partial charge in [-0.05, 0) is 48.5 Å². The molecule has 1 heterocycles. The third-order valence-electron chi connectivity index (χ3n) is 4.42. The fourth-order valence-electron chi connectivity index (χ4n) is 2.90. The Morgan fingerprint density at radius 2 is 1.75 bits per heavy atom. The van der Waals surface area contributed by atoms with Crippen LogP contribution in [0.3, 0.4) is 0 Å². The lowest BCUT2D eigenvalue weighted by Crippen LogP contribution is -2.20. The molecular formula is C24H18FN3O4. The number of anilines is 1. The van der Waals surface area contributed by atoms with Crippen LogP contribution in [0.5, 0.6) is 5.75 Å².